The summed E-state index contributed by atoms with van der Waals surface area (Å²) < 4.78 is 2.35. The molecule has 0 bridgehead atoms. The van der Waals surface area contributed by atoms with Crippen molar-refractivity contribution in [1.82, 2.24) is 9.88 Å². The van der Waals surface area contributed by atoms with E-state index < -0.39 is 5.60 Å². The third kappa shape index (κ3) is 2.94. The number of amides is 1. The lowest BCUT2D eigenvalue weighted by molar-refractivity contribution is -0.0300. The second kappa shape index (κ2) is 6.07. The highest BCUT2D eigenvalue weighted by Crippen LogP contribution is 2.33. The van der Waals surface area contributed by atoms with Gasteiger partial charge in [-0.25, -0.2) is 0 Å². The summed E-state index contributed by atoms with van der Waals surface area (Å²) in [5.41, 5.74) is 2.36. The third-order valence-electron chi connectivity index (χ3n) is 5.53. The molecule has 2 aliphatic carbocycles. The summed E-state index contributed by atoms with van der Waals surface area (Å²) in [4.78, 5) is 12.5. The van der Waals surface area contributed by atoms with E-state index >= 15 is 0 Å². The molecular weight excluding hydrogens is 276 g/mol. The molecule has 2 saturated carbocycles. The van der Waals surface area contributed by atoms with Crippen LogP contribution in [0.1, 0.15) is 79.2 Å². The van der Waals surface area contributed by atoms with Crippen LogP contribution in [0.2, 0.25) is 0 Å². The maximum absolute atomic E-state index is 12.5. The minimum absolute atomic E-state index is 0.0458. The van der Waals surface area contributed by atoms with Crippen molar-refractivity contribution in [3.63, 3.8) is 0 Å². The van der Waals surface area contributed by atoms with Crippen molar-refractivity contribution < 1.29 is 9.90 Å². The molecule has 1 heterocycles. The first-order chi connectivity index (χ1) is 10.5. The number of nitrogens with one attached hydrogen (secondary N) is 1. The van der Waals surface area contributed by atoms with E-state index in [4.69, 9.17) is 0 Å². The highest BCUT2D eigenvalue weighted by atomic mass is 16.3. The quantitative estimate of drug-likeness (QED) is 0.897. The molecular formula is C18H28N2O2. The van der Waals surface area contributed by atoms with Crippen molar-refractivity contribution in [3.8, 4) is 0 Å². The number of aliphatic hydroxyl groups is 1. The molecule has 2 fully saturated rings. The van der Waals surface area contributed by atoms with Crippen molar-refractivity contribution >= 4 is 5.91 Å². The number of nitrogens with zero attached hydrogens (tertiary/aromatic N) is 1. The molecule has 1 amide bonds. The fourth-order valence-corrected chi connectivity index (χ4v) is 4.01. The van der Waals surface area contributed by atoms with Crippen LogP contribution in [0.4, 0.5) is 0 Å². The summed E-state index contributed by atoms with van der Waals surface area (Å²) in [5.74, 6) is -0.0458. The Labute approximate surface area is 132 Å². The van der Waals surface area contributed by atoms with E-state index in [-0.39, 0.29) is 5.91 Å². The predicted octanol–water partition coefficient (Wildman–Crippen LogP) is 3.25. The Morgan fingerprint density at radius 3 is 2.55 bits per heavy atom. The van der Waals surface area contributed by atoms with Gasteiger partial charge in [0.05, 0.1) is 11.2 Å². The first-order valence-corrected chi connectivity index (χ1v) is 8.69. The van der Waals surface area contributed by atoms with Crippen LogP contribution in [-0.2, 0) is 0 Å². The van der Waals surface area contributed by atoms with Gasteiger partial charge in [0.15, 0.2) is 0 Å². The number of carbonyl (C=O) groups is 1. The molecule has 1 aromatic heterocycles. The van der Waals surface area contributed by atoms with Gasteiger partial charge in [-0.3, -0.25) is 4.79 Å². The van der Waals surface area contributed by atoms with E-state index in [1.54, 1.807) is 0 Å². The number of carbonyl (C=O) groups excluding carboxylic acids is 1. The molecule has 2 aliphatic rings. The maximum Gasteiger partial charge on any atom is 0.253 e. The Kier molecular flexibility index (Phi) is 4.31. The number of hydrogen-bond donors (Lipinski definition) is 2. The zero-order valence-corrected chi connectivity index (χ0v) is 13.8. The molecule has 0 radical (unpaired) electrons. The Bertz CT molecular complexity index is 552. The highest BCUT2D eigenvalue weighted by molar-refractivity contribution is 5.95. The van der Waals surface area contributed by atoms with Gasteiger partial charge in [0.1, 0.15) is 0 Å². The van der Waals surface area contributed by atoms with Gasteiger partial charge < -0.3 is 15.0 Å². The standard InChI is InChI=1S/C18H28N2O2/c1-13-11-16(17(21)19-12-18(22)9-6-10-18)14(2)20(13)15-7-4-3-5-8-15/h11,15,22H,3-10,12H2,1-2H3,(H,19,21). The van der Waals surface area contributed by atoms with E-state index in [1.165, 1.54) is 37.8 Å². The summed E-state index contributed by atoms with van der Waals surface area (Å²) in [6.45, 7) is 4.52. The van der Waals surface area contributed by atoms with Gasteiger partial charge >= 0.3 is 0 Å². The van der Waals surface area contributed by atoms with E-state index in [0.717, 1.165) is 30.5 Å². The second-order valence-corrected chi connectivity index (χ2v) is 7.21. The SMILES string of the molecule is Cc1cc(C(=O)NCC2(O)CCC2)c(C)n1C1CCCCC1. The van der Waals surface area contributed by atoms with Crippen LogP contribution in [0, 0.1) is 13.8 Å². The average Bonchev–Trinajstić information content (AvgIpc) is 2.79. The topological polar surface area (TPSA) is 54.3 Å². The first kappa shape index (κ1) is 15.6. The van der Waals surface area contributed by atoms with Gasteiger partial charge in [0.2, 0.25) is 0 Å². The average molecular weight is 304 g/mol. The minimum Gasteiger partial charge on any atom is -0.388 e. The van der Waals surface area contributed by atoms with Crippen LogP contribution in [0.25, 0.3) is 0 Å². The normalized spacial score (nSPS) is 21.4. The second-order valence-electron chi connectivity index (χ2n) is 7.21. The molecule has 0 aliphatic heterocycles. The summed E-state index contributed by atoms with van der Waals surface area (Å²) >= 11 is 0. The molecule has 0 unspecified atom stereocenters. The van der Waals surface area contributed by atoms with Crippen LogP contribution in [-0.4, -0.2) is 27.7 Å². The van der Waals surface area contributed by atoms with E-state index in [2.05, 4.69) is 23.7 Å². The summed E-state index contributed by atoms with van der Waals surface area (Å²) in [7, 11) is 0. The molecule has 0 spiro atoms. The lowest BCUT2D eigenvalue weighted by atomic mass is 9.80. The third-order valence-corrected chi connectivity index (χ3v) is 5.53. The number of rotatable bonds is 4. The highest BCUT2D eigenvalue weighted by Gasteiger charge is 2.35. The van der Waals surface area contributed by atoms with Crippen molar-refractivity contribution in [3.05, 3.63) is 23.0 Å². The summed E-state index contributed by atoms with van der Waals surface area (Å²) in [6.07, 6.45) is 9.01. The molecule has 2 N–H and O–H groups in total. The van der Waals surface area contributed by atoms with Gasteiger partial charge in [-0.1, -0.05) is 19.3 Å². The maximum atomic E-state index is 12.5. The molecule has 0 saturated heterocycles. The first-order valence-electron chi connectivity index (χ1n) is 8.69. The fourth-order valence-electron chi connectivity index (χ4n) is 4.01. The molecule has 4 heteroatoms. The van der Waals surface area contributed by atoms with E-state index in [9.17, 15) is 9.90 Å². The smallest absolute Gasteiger partial charge is 0.253 e. The lowest BCUT2D eigenvalue weighted by Gasteiger charge is -2.36. The van der Waals surface area contributed by atoms with Gasteiger partial charge in [0.25, 0.3) is 5.91 Å². The van der Waals surface area contributed by atoms with Crippen LogP contribution >= 0.6 is 0 Å². The Balaban J connectivity index is 1.72. The molecule has 3 rings (SSSR count). The van der Waals surface area contributed by atoms with Gasteiger partial charge in [-0.2, -0.15) is 0 Å². The van der Waals surface area contributed by atoms with Crippen LogP contribution < -0.4 is 5.32 Å². The van der Waals surface area contributed by atoms with Crippen LogP contribution in [0.15, 0.2) is 6.07 Å². The zero-order chi connectivity index (χ0) is 15.7. The fraction of sp³-hybridized carbons (Fsp3) is 0.722. The lowest BCUT2D eigenvalue weighted by Crippen LogP contribution is -2.47. The van der Waals surface area contributed by atoms with Gasteiger partial charge in [-0.05, 0) is 52.0 Å². The number of hydrogen-bond acceptors (Lipinski definition) is 2. The van der Waals surface area contributed by atoms with Crippen LogP contribution in [0.3, 0.4) is 0 Å². The van der Waals surface area contributed by atoms with Crippen molar-refractivity contribution in [2.45, 2.75) is 76.9 Å². The molecule has 22 heavy (non-hydrogen) atoms. The molecule has 0 atom stereocenters. The summed E-state index contributed by atoms with van der Waals surface area (Å²) in [6, 6.07) is 2.55. The Hall–Kier alpha value is -1.29. The molecule has 122 valence electrons. The van der Waals surface area contributed by atoms with E-state index in [1.807, 2.05) is 6.07 Å². The summed E-state index contributed by atoms with van der Waals surface area (Å²) in [5, 5.41) is 13.0. The zero-order valence-electron chi connectivity index (χ0n) is 13.8. The van der Waals surface area contributed by atoms with Crippen molar-refractivity contribution in [1.29, 1.82) is 0 Å². The number of aromatic nitrogens is 1. The van der Waals surface area contributed by atoms with Crippen LogP contribution in [0.5, 0.6) is 0 Å². The largest absolute Gasteiger partial charge is 0.388 e. The Morgan fingerprint density at radius 2 is 1.95 bits per heavy atom. The van der Waals surface area contributed by atoms with Gasteiger partial charge in [0, 0.05) is 24.0 Å². The monoisotopic (exact) mass is 304 g/mol. The molecule has 4 nitrogen and oxygen atoms in total. The molecule has 0 aromatic carbocycles. The minimum atomic E-state index is -0.662. The predicted molar refractivity (Wildman–Crippen MR) is 87.2 cm³/mol. The van der Waals surface area contributed by atoms with Gasteiger partial charge in [-0.15, -0.1) is 0 Å². The van der Waals surface area contributed by atoms with E-state index in [0.29, 0.717) is 12.6 Å². The van der Waals surface area contributed by atoms with Crippen molar-refractivity contribution in [2.75, 3.05) is 6.54 Å². The molecule has 1 aromatic rings. The number of aryl methyl sites for hydroxylation is 1. The van der Waals surface area contributed by atoms with Crippen molar-refractivity contribution in [2.24, 2.45) is 0 Å². The Morgan fingerprint density at radius 1 is 1.27 bits per heavy atom.